The van der Waals surface area contributed by atoms with Crippen molar-refractivity contribution in [2.24, 2.45) is 5.92 Å². The summed E-state index contributed by atoms with van der Waals surface area (Å²) in [7, 11) is 0. The number of thiazole rings is 1. The number of carbonyl (C=O) groups is 2. The summed E-state index contributed by atoms with van der Waals surface area (Å²) in [6, 6.07) is 8.40. The number of hydrogen-bond acceptors (Lipinski definition) is 5. The van der Waals surface area contributed by atoms with Crippen molar-refractivity contribution in [3.8, 4) is 5.75 Å². The molecule has 0 bridgehead atoms. The lowest BCUT2D eigenvalue weighted by Gasteiger charge is -2.32. The summed E-state index contributed by atoms with van der Waals surface area (Å²) in [5.74, 6) is 1.88. The number of anilines is 1. The van der Waals surface area contributed by atoms with E-state index in [1.54, 1.807) is 4.90 Å². The number of amides is 2. The highest BCUT2D eigenvalue weighted by Crippen LogP contribution is 2.27. The van der Waals surface area contributed by atoms with Crippen LogP contribution < -0.4 is 9.64 Å². The molecule has 31 heavy (non-hydrogen) atoms. The summed E-state index contributed by atoms with van der Waals surface area (Å²) in [6.45, 7) is 5.08. The van der Waals surface area contributed by atoms with Gasteiger partial charge >= 0.3 is 0 Å². The second kappa shape index (κ2) is 10.3. The van der Waals surface area contributed by atoms with E-state index in [2.05, 4.69) is 17.1 Å². The molecule has 0 spiro atoms. The largest absolute Gasteiger partial charge is 0.494 e. The van der Waals surface area contributed by atoms with E-state index in [4.69, 9.17) is 4.74 Å². The van der Waals surface area contributed by atoms with Crippen LogP contribution in [0.2, 0.25) is 0 Å². The Hall–Kier alpha value is -2.41. The number of likely N-dealkylation sites (tertiary alicyclic amines) is 1. The van der Waals surface area contributed by atoms with E-state index in [1.807, 2.05) is 29.3 Å². The minimum absolute atomic E-state index is 0.138. The zero-order chi connectivity index (χ0) is 21.6. The Kier molecular flexibility index (Phi) is 7.22. The first-order valence-electron chi connectivity index (χ1n) is 11.4. The molecule has 2 aliphatic rings. The molecule has 7 heteroatoms. The molecule has 1 aromatic heterocycles. The lowest BCUT2D eigenvalue weighted by atomic mass is 9.90. The van der Waals surface area contributed by atoms with Crippen LogP contribution >= 0.6 is 11.3 Å². The molecule has 0 saturated carbocycles. The number of piperidine rings is 1. The highest BCUT2D eigenvalue weighted by atomic mass is 32.1. The standard InChI is InChI=1S/C24H31N3O3S/c1-2-30-21-9-7-18(8-10-21)5-6-19-11-14-26(15-12-19)23(29)16-20-17-31-24(25-20)27-13-3-4-22(27)28/h7-10,17,19H,2-6,11-16H2,1H3. The molecule has 0 unspecified atom stereocenters. The molecule has 6 nitrogen and oxygen atoms in total. The fraction of sp³-hybridized carbons (Fsp3) is 0.542. The first kappa shape index (κ1) is 21.8. The minimum atomic E-state index is 0.138. The molecule has 2 saturated heterocycles. The Bertz CT molecular complexity index is 888. The maximum absolute atomic E-state index is 12.7. The van der Waals surface area contributed by atoms with Gasteiger partial charge in [0.2, 0.25) is 11.8 Å². The Labute approximate surface area is 188 Å². The van der Waals surface area contributed by atoms with Crippen molar-refractivity contribution >= 4 is 28.3 Å². The Morgan fingerprint density at radius 1 is 1.19 bits per heavy atom. The van der Waals surface area contributed by atoms with Crippen molar-refractivity contribution in [1.82, 2.24) is 9.88 Å². The van der Waals surface area contributed by atoms with Crippen molar-refractivity contribution in [2.45, 2.75) is 51.9 Å². The molecule has 4 rings (SSSR count). The van der Waals surface area contributed by atoms with Gasteiger partial charge in [-0.1, -0.05) is 12.1 Å². The van der Waals surface area contributed by atoms with E-state index in [-0.39, 0.29) is 11.8 Å². The van der Waals surface area contributed by atoms with E-state index in [0.29, 0.717) is 25.4 Å². The number of aryl methyl sites for hydroxylation is 1. The molecular formula is C24H31N3O3S. The summed E-state index contributed by atoms with van der Waals surface area (Å²) >= 11 is 1.46. The van der Waals surface area contributed by atoms with Gasteiger partial charge in [-0.05, 0) is 62.6 Å². The van der Waals surface area contributed by atoms with Crippen LogP contribution in [0, 0.1) is 5.92 Å². The zero-order valence-corrected chi connectivity index (χ0v) is 19.0. The normalized spacial score (nSPS) is 17.4. The fourth-order valence-corrected chi connectivity index (χ4v) is 5.25. The van der Waals surface area contributed by atoms with Gasteiger partial charge in [-0.2, -0.15) is 0 Å². The number of carbonyl (C=O) groups excluding carboxylic acids is 2. The van der Waals surface area contributed by atoms with Crippen LogP contribution in [0.25, 0.3) is 0 Å². The van der Waals surface area contributed by atoms with Crippen molar-refractivity contribution < 1.29 is 14.3 Å². The van der Waals surface area contributed by atoms with Crippen molar-refractivity contribution in [3.63, 3.8) is 0 Å². The van der Waals surface area contributed by atoms with Crippen molar-refractivity contribution in [3.05, 3.63) is 40.9 Å². The molecule has 166 valence electrons. The molecule has 2 aromatic rings. The van der Waals surface area contributed by atoms with Gasteiger partial charge in [0.1, 0.15) is 5.75 Å². The summed E-state index contributed by atoms with van der Waals surface area (Å²) < 4.78 is 5.51. The van der Waals surface area contributed by atoms with Gasteiger partial charge < -0.3 is 9.64 Å². The molecule has 0 radical (unpaired) electrons. The number of rotatable bonds is 8. The number of nitrogens with zero attached hydrogens (tertiary/aromatic N) is 3. The maximum Gasteiger partial charge on any atom is 0.228 e. The van der Waals surface area contributed by atoms with E-state index >= 15 is 0 Å². The lowest BCUT2D eigenvalue weighted by Crippen LogP contribution is -2.39. The van der Waals surface area contributed by atoms with Crippen LogP contribution in [0.3, 0.4) is 0 Å². The van der Waals surface area contributed by atoms with Gasteiger partial charge in [0.25, 0.3) is 0 Å². The highest BCUT2D eigenvalue weighted by Gasteiger charge is 2.26. The molecule has 0 atom stereocenters. The molecule has 0 aliphatic carbocycles. The molecule has 3 heterocycles. The van der Waals surface area contributed by atoms with Gasteiger partial charge in [0.15, 0.2) is 5.13 Å². The summed E-state index contributed by atoms with van der Waals surface area (Å²) in [4.78, 5) is 32.9. The Morgan fingerprint density at radius 3 is 2.65 bits per heavy atom. The predicted octanol–water partition coefficient (Wildman–Crippen LogP) is 4.08. The third-order valence-electron chi connectivity index (χ3n) is 6.22. The van der Waals surface area contributed by atoms with E-state index < -0.39 is 0 Å². The average molecular weight is 442 g/mol. The molecule has 0 N–H and O–H groups in total. The molecular weight excluding hydrogens is 410 g/mol. The number of benzene rings is 1. The number of ether oxygens (including phenoxy) is 1. The molecule has 1 aromatic carbocycles. The van der Waals surface area contributed by atoms with Gasteiger partial charge in [0, 0.05) is 31.4 Å². The van der Waals surface area contributed by atoms with E-state index in [1.165, 1.54) is 16.9 Å². The third kappa shape index (κ3) is 5.64. The SMILES string of the molecule is CCOc1ccc(CCC2CCN(C(=O)Cc3csc(N4CCCC4=O)n3)CC2)cc1. The smallest absolute Gasteiger partial charge is 0.228 e. The van der Waals surface area contributed by atoms with Crippen LogP contribution in [-0.4, -0.2) is 47.9 Å². The van der Waals surface area contributed by atoms with Crippen LogP contribution in [0.1, 0.15) is 50.3 Å². The van der Waals surface area contributed by atoms with Crippen LogP contribution in [0.15, 0.2) is 29.6 Å². The van der Waals surface area contributed by atoms with Gasteiger partial charge in [-0.3, -0.25) is 14.5 Å². The first-order chi connectivity index (χ1) is 15.1. The zero-order valence-electron chi connectivity index (χ0n) is 18.2. The monoisotopic (exact) mass is 441 g/mol. The predicted molar refractivity (Wildman–Crippen MR) is 123 cm³/mol. The summed E-state index contributed by atoms with van der Waals surface area (Å²) in [5.41, 5.74) is 2.13. The summed E-state index contributed by atoms with van der Waals surface area (Å²) in [6.07, 6.45) is 6.18. The van der Waals surface area contributed by atoms with Crippen LogP contribution in [-0.2, 0) is 22.4 Å². The van der Waals surface area contributed by atoms with Crippen LogP contribution in [0.5, 0.6) is 5.75 Å². The molecule has 2 aliphatic heterocycles. The van der Waals surface area contributed by atoms with E-state index in [0.717, 1.165) is 68.3 Å². The Balaban J connectivity index is 1.20. The van der Waals surface area contributed by atoms with Crippen molar-refractivity contribution in [2.75, 3.05) is 31.1 Å². The lowest BCUT2D eigenvalue weighted by molar-refractivity contribution is -0.131. The van der Waals surface area contributed by atoms with Gasteiger partial charge in [-0.25, -0.2) is 4.98 Å². The van der Waals surface area contributed by atoms with Gasteiger partial charge in [-0.15, -0.1) is 11.3 Å². The highest BCUT2D eigenvalue weighted by molar-refractivity contribution is 7.14. The first-order valence-corrected chi connectivity index (χ1v) is 12.2. The summed E-state index contributed by atoms with van der Waals surface area (Å²) in [5, 5.41) is 2.65. The second-order valence-electron chi connectivity index (χ2n) is 8.39. The fourth-order valence-electron chi connectivity index (χ4n) is 4.38. The number of aromatic nitrogens is 1. The van der Waals surface area contributed by atoms with Gasteiger partial charge in [0.05, 0.1) is 18.7 Å². The number of hydrogen-bond donors (Lipinski definition) is 0. The minimum Gasteiger partial charge on any atom is -0.494 e. The average Bonchev–Trinajstić information content (AvgIpc) is 3.42. The topological polar surface area (TPSA) is 62.7 Å². The molecule has 2 amide bonds. The second-order valence-corrected chi connectivity index (χ2v) is 9.22. The van der Waals surface area contributed by atoms with Crippen molar-refractivity contribution in [1.29, 1.82) is 0 Å². The van der Waals surface area contributed by atoms with E-state index in [9.17, 15) is 9.59 Å². The van der Waals surface area contributed by atoms with Crippen LogP contribution in [0.4, 0.5) is 5.13 Å². The quantitative estimate of drug-likeness (QED) is 0.619. The molecule has 2 fully saturated rings. The maximum atomic E-state index is 12.7. The third-order valence-corrected chi connectivity index (χ3v) is 7.13. The Morgan fingerprint density at radius 2 is 1.97 bits per heavy atom.